The van der Waals surface area contributed by atoms with Gasteiger partial charge in [0.25, 0.3) is 0 Å². The molecule has 0 aliphatic carbocycles. The van der Waals surface area contributed by atoms with Crippen molar-refractivity contribution in [2.45, 2.75) is 50.8 Å². The molecule has 49 heavy (non-hydrogen) atoms. The first kappa shape index (κ1) is 36.5. The second-order valence-corrected chi connectivity index (χ2v) is 13.4. The van der Waals surface area contributed by atoms with Crippen LogP contribution in [0.15, 0.2) is 100 Å². The fourth-order valence-electron chi connectivity index (χ4n) is 5.62. The number of halogens is 4. The van der Waals surface area contributed by atoms with Crippen LogP contribution in [0.1, 0.15) is 29.5 Å². The van der Waals surface area contributed by atoms with Crippen molar-refractivity contribution >= 4 is 69.3 Å². The minimum Gasteiger partial charge on any atom is -0.408 e. The van der Waals surface area contributed by atoms with Crippen LogP contribution in [-0.4, -0.2) is 51.6 Å². The third-order valence-corrected chi connectivity index (χ3v) is 9.61. The van der Waals surface area contributed by atoms with Gasteiger partial charge in [-0.3, -0.25) is 14.2 Å². The lowest BCUT2D eigenvalue weighted by atomic mass is 10.00. The van der Waals surface area contributed by atoms with Crippen LogP contribution in [0.25, 0.3) is 11.1 Å². The molecule has 0 saturated heterocycles. The van der Waals surface area contributed by atoms with E-state index >= 15 is 0 Å². The molecule has 256 valence electrons. The second-order valence-electron chi connectivity index (χ2n) is 11.7. The van der Waals surface area contributed by atoms with E-state index in [2.05, 4.69) is 5.32 Å². The van der Waals surface area contributed by atoms with Crippen molar-refractivity contribution in [2.75, 3.05) is 13.1 Å². The summed E-state index contributed by atoms with van der Waals surface area (Å²) >= 11 is 24.8. The Bertz CT molecular complexity index is 1960. The van der Waals surface area contributed by atoms with E-state index in [0.29, 0.717) is 50.5 Å². The van der Waals surface area contributed by atoms with Gasteiger partial charge in [-0.25, -0.2) is 4.79 Å². The number of hydrogen-bond donors (Lipinski definition) is 2. The molecule has 0 saturated carbocycles. The molecule has 1 heterocycles. The van der Waals surface area contributed by atoms with E-state index in [1.807, 2.05) is 42.5 Å². The summed E-state index contributed by atoms with van der Waals surface area (Å²) in [5.74, 6) is -1.10. The summed E-state index contributed by atoms with van der Waals surface area (Å²) in [4.78, 5) is 41.1. The Morgan fingerprint density at radius 2 is 1.57 bits per heavy atom. The third-order valence-electron chi connectivity index (χ3n) is 8.28. The van der Waals surface area contributed by atoms with E-state index in [1.165, 1.54) is 4.57 Å². The van der Waals surface area contributed by atoms with Gasteiger partial charge in [0.05, 0.1) is 27.7 Å². The van der Waals surface area contributed by atoms with Gasteiger partial charge in [0.2, 0.25) is 11.8 Å². The molecule has 0 fully saturated rings. The van der Waals surface area contributed by atoms with Crippen LogP contribution in [0.3, 0.4) is 0 Å². The van der Waals surface area contributed by atoms with E-state index in [4.69, 9.17) is 50.8 Å². The van der Waals surface area contributed by atoms with Crippen LogP contribution < -0.4 is 11.1 Å². The van der Waals surface area contributed by atoms with Gasteiger partial charge in [-0.2, -0.15) is 0 Å². The number of aliphatic hydroxyl groups excluding tert-OH is 1. The van der Waals surface area contributed by atoms with Gasteiger partial charge in [0.15, 0.2) is 5.58 Å². The Kier molecular flexibility index (Phi) is 12.8. The fourth-order valence-corrected chi connectivity index (χ4v) is 6.45. The molecule has 2 amide bonds. The van der Waals surface area contributed by atoms with E-state index in [-0.39, 0.29) is 44.3 Å². The molecule has 2 N–H and O–H groups in total. The molecule has 0 unspecified atom stereocenters. The molecule has 5 aromatic rings. The molecule has 1 aromatic heterocycles. The highest BCUT2D eigenvalue weighted by Gasteiger charge is 2.27. The van der Waals surface area contributed by atoms with E-state index in [9.17, 15) is 19.5 Å². The molecule has 8 nitrogen and oxygen atoms in total. The number of oxazole rings is 1. The first-order valence-corrected chi connectivity index (χ1v) is 17.3. The molecular formula is C37H35Cl4N3O5. The second kappa shape index (κ2) is 17.2. The zero-order valence-corrected chi connectivity index (χ0v) is 29.5. The number of aryl methyl sites for hydroxylation is 2. The van der Waals surface area contributed by atoms with Crippen molar-refractivity contribution in [1.29, 1.82) is 0 Å². The van der Waals surface area contributed by atoms with Gasteiger partial charge in [-0.15, -0.1) is 0 Å². The molecule has 4 aromatic carbocycles. The molecular weight excluding hydrogens is 708 g/mol. The molecule has 12 heteroatoms. The lowest BCUT2D eigenvalue weighted by Gasteiger charge is -2.31. The van der Waals surface area contributed by atoms with Crippen LogP contribution >= 0.6 is 46.4 Å². The first-order chi connectivity index (χ1) is 23.6. The Morgan fingerprint density at radius 1 is 0.816 bits per heavy atom. The lowest BCUT2D eigenvalue weighted by Crippen LogP contribution is -2.51. The first-order valence-electron chi connectivity index (χ1n) is 15.8. The highest BCUT2D eigenvalue weighted by molar-refractivity contribution is 6.42. The minimum atomic E-state index is -1.13. The number of para-hydroxylation sites is 2. The maximum absolute atomic E-state index is 13.7. The lowest BCUT2D eigenvalue weighted by molar-refractivity contribution is -0.133. The quantitative estimate of drug-likeness (QED) is 0.116. The Morgan fingerprint density at radius 3 is 2.33 bits per heavy atom. The fraction of sp³-hybridized carbons (Fsp3) is 0.270. The van der Waals surface area contributed by atoms with Crippen LogP contribution in [0.5, 0.6) is 0 Å². The Balaban J connectivity index is 1.31. The van der Waals surface area contributed by atoms with E-state index in [1.54, 1.807) is 53.4 Å². The van der Waals surface area contributed by atoms with E-state index < -0.39 is 17.9 Å². The molecule has 5 rings (SSSR count). The number of benzene rings is 4. The maximum Gasteiger partial charge on any atom is 0.419 e. The standard InChI is InChI=1S/C37H35Cl4N3O5/c38-27-13-12-26(29(40)22-27)16-18-43(36(47)15-11-25-10-14-28(39)30(41)20-25)23-33(45)31(21-24-6-2-1-3-7-24)42-35(46)17-19-44-32-8-4-5-9-34(32)49-37(44)48/h1-10,12-14,20,22,31,33,45H,11,15-19,21,23H2,(H,42,46)/t31-,33-/m0/s1. The van der Waals surface area contributed by atoms with Crippen LogP contribution in [0.4, 0.5) is 0 Å². The zero-order valence-electron chi connectivity index (χ0n) is 26.5. The average Bonchev–Trinajstić information content (AvgIpc) is 3.41. The summed E-state index contributed by atoms with van der Waals surface area (Å²) in [5.41, 5.74) is 3.59. The van der Waals surface area contributed by atoms with Crippen LogP contribution in [-0.2, 0) is 35.4 Å². The molecule has 0 spiro atoms. The number of aromatic nitrogens is 1. The number of carbonyl (C=O) groups is 2. The summed E-state index contributed by atoms with van der Waals surface area (Å²) in [6.45, 7) is 0.313. The number of fused-ring (bicyclic) bond motifs is 1. The van der Waals surface area contributed by atoms with E-state index in [0.717, 1.165) is 16.7 Å². The molecule has 0 aliphatic rings. The molecule has 0 radical (unpaired) electrons. The minimum absolute atomic E-state index is 0.0250. The van der Waals surface area contributed by atoms with Gasteiger partial charge >= 0.3 is 5.76 Å². The van der Waals surface area contributed by atoms with Crippen molar-refractivity contribution in [3.05, 3.63) is 138 Å². The van der Waals surface area contributed by atoms with Gasteiger partial charge < -0.3 is 19.7 Å². The number of carbonyl (C=O) groups excluding carboxylic acids is 2. The Labute approximate surface area is 304 Å². The van der Waals surface area contributed by atoms with Gasteiger partial charge in [-0.1, -0.05) is 101 Å². The number of nitrogens with one attached hydrogen (secondary N) is 1. The zero-order chi connectivity index (χ0) is 34.9. The normalized spacial score (nSPS) is 12.5. The number of aliphatic hydroxyl groups is 1. The molecule has 2 atom stereocenters. The SMILES string of the molecule is O=C(CCn1c(=O)oc2ccccc21)N[C@@H](Cc1ccccc1)[C@@H](O)CN(CCc1ccc(Cl)cc1Cl)C(=O)CCc1ccc(Cl)c(Cl)c1. The van der Waals surface area contributed by atoms with Gasteiger partial charge in [0.1, 0.15) is 0 Å². The Hall–Kier alpha value is -3.79. The summed E-state index contributed by atoms with van der Waals surface area (Å²) < 4.78 is 6.70. The van der Waals surface area contributed by atoms with Crippen molar-refractivity contribution in [3.63, 3.8) is 0 Å². The molecule has 0 bridgehead atoms. The number of nitrogens with zero attached hydrogens (tertiary/aromatic N) is 2. The highest BCUT2D eigenvalue weighted by atomic mass is 35.5. The van der Waals surface area contributed by atoms with Crippen molar-refractivity contribution in [2.24, 2.45) is 0 Å². The number of rotatable bonds is 15. The van der Waals surface area contributed by atoms with Gasteiger partial charge in [0, 0.05) is 42.5 Å². The van der Waals surface area contributed by atoms with Crippen LogP contribution in [0, 0.1) is 0 Å². The monoisotopic (exact) mass is 741 g/mol. The maximum atomic E-state index is 13.7. The third kappa shape index (κ3) is 10.1. The van der Waals surface area contributed by atoms with Crippen LogP contribution in [0.2, 0.25) is 20.1 Å². The predicted molar refractivity (Wildman–Crippen MR) is 195 cm³/mol. The predicted octanol–water partition coefficient (Wildman–Crippen LogP) is 7.39. The van der Waals surface area contributed by atoms with Crippen molar-refractivity contribution in [1.82, 2.24) is 14.8 Å². The number of hydrogen-bond acceptors (Lipinski definition) is 5. The average molecular weight is 744 g/mol. The smallest absolute Gasteiger partial charge is 0.408 e. The van der Waals surface area contributed by atoms with Crippen molar-refractivity contribution < 1.29 is 19.1 Å². The highest BCUT2D eigenvalue weighted by Crippen LogP contribution is 2.24. The topological polar surface area (TPSA) is 105 Å². The summed E-state index contributed by atoms with van der Waals surface area (Å²) in [7, 11) is 0. The largest absolute Gasteiger partial charge is 0.419 e. The van der Waals surface area contributed by atoms with Gasteiger partial charge in [-0.05, 0) is 72.4 Å². The number of amides is 2. The molecule has 0 aliphatic heterocycles. The summed E-state index contributed by atoms with van der Waals surface area (Å²) in [6.07, 6.45) is 0.152. The summed E-state index contributed by atoms with van der Waals surface area (Å²) in [5, 5.41) is 16.4. The van der Waals surface area contributed by atoms with Crippen molar-refractivity contribution in [3.8, 4) is 0 Å². The summed E-state index contributed by atoms with van der Waals surface area (Å²) in [6, 6.07) is 26.2.